The van der Waals surface area contributed by atoms with Gasteiger partial charge in [0, 0.05) is 5.39 Å². The fraction of sp³-hybridized carbons (Fsp3) is 0.0833. The van der Waals surface area contributed by atoms with Crippen molar-refractivity contribution < 1.29 is 13.0 Å². The molecule has 0 aliphatic rings. The molecule has 0 spiro atoms. The minimum absolute atomic E-state index is 0.295. The van der Waals surface area contributed by atoms with Crippen molar-refractivity contribution in [3.63, 3.8) is 0 Å². The molecule has 0 radical (unpaired) electrons. The zero-order valence-electron chi connectivity index (χ0n) is 9.00. The maximum absolute atomic E-state index is 11.2. The predicted molar refractivity (Wildman–Crippen MR) is 65.5 cm³/mol. The van der Waals surface area contributed by atoms with E-state index in [4.69, 9.17) is 4.55 Å². The van der Waals surface area contributed by atoms with Crippen molar-refractivity contribution in [1.82, 2.24) is 4.98 Å². The van der Waals surface area contributed by atoms with E-state index in [1.807, 2.05) is 12.1 Å². The molecule has 1 aromatic heterocycles. The van der Waals surface area contributed by atoms with Crippen LogP contribution in [0.2, 0.25) is 0 Å². The second kappa shape index (κ2) is 4.27. The second-order valence-corrected chi connectivity index (χ2v) is 4.95. The lowest BCUT2D eigenvalue weighted by Crippen LogP contribution is -2.06. The Labute approximate surface area is 99.4 Å². The molecule has 0 bridgehead atoms. The maximum Gasteiger partial charge on any atom is 0.312 e. The van der Waals surface area contributed by atoms with Crippen molar-refractivity contribution in [2.24, 2.45) is 0 Å². The van der Waals surface area contributed by atoms with E-state index in [-0.39, 0.29) is 5.03 Å². The summed E-state index contributed by atoms with van der Waals surface area (Å²) in [7, 11) is -4.31. The van der Waals surface area contributed by atoms with Gasteiger partial charge in [-0.3, -0.25) is 4.55 Å². The number of rotatable bonds is 3. The minimum Gasteiger partial charge on any atom is -0.281 e. The molecule has 5 heteroatoms. The van der Waals surface area contributed by atoms with Crippen LogP contribution >= 0.6 is 0 Å². The van der Waals surface area contributed by atoms with Gasteiger partial charge in [-0.2, -0.15) is 8.42 Å². The smallest absolute Gasteiger partial charge is 0.281 e. The molecule has 0 aliphatic carbocycles. The van der Waals surface area contributed by atoms with Crippen molar-refractivity contribution in [3.05, 3.63) is 48.6 Å². The number of nitrogens with zero attached hydrogens (tertiary/aromatic N) is 1. The molecule has 0 saturated heterocycles. The quantitative estimate of drug-likeness (QED) is 0.669. The van der Waals surface area contributed by atoms with Crippen LogP contribution in [0, 0.1) is 0 Å². The summed E-state index contributed by atoms with van der Waals surface area (Å²) in [5.41, 5.74) is 0.981. The zero-order valence-corrected chi connectivity index (χ0v) is 9.81. The molecule has 1 N–H and O–H groups in total. The number of fused-ring (bicyclic) bond motifs is 1. The van der Waals surface area contributed by atoms with Crippen molar-refractivity contribution in [2.75, 3.05) is 0 Å². The van der Waals surface area contributed by atoms with Gasteiger partial charge in [0.2, 0.25) is 0 Å². The van der Waals surface area contributed by atoms with Gasteiger partial charge >= 0.3 is 10.1 Å². The van der Waals surface area contributed by atoms with Crippen LogP contribution in [-0.2, 0) is 16.5 Å². The fourth-order valence-electron chi connectivity index (χ4n) is 1.67. The molecule has 1 aromatic carbocycles. The number of para-hydroxylation sites is 1. The molecule has 0 fully saturated rings. The zero-order chi connectivity index (χ0) is 12.5. The molecule has 0 aliphatic heterocycles. The van der Waals surface area contributed by atoms with Crippen LogP contribution in [0.15, 0.2) is 48.0 Å². The molecule has 0 unspecified atom stereocenters. The molecule has 0 atom stereocenters. The number of aromatic nitrogens is 1. The Morgan fingerprint density at radius 3 is 2.71 bits per heavy atom. The number of benzene rings is 1. The minimum atomic E-state index is -4.31. The number of hydrogen-bond donors (Lipinski definition) is 1. The van der Waals surface area contributed by atoms with E-state index >= 15 is 0 Å². The van der Waals surface area contributed by atoms with Crippen LogP contribution in [-0.4, -0.2) is 18.0 Å². The summed E-state index contributed by atoms with van der Waals surface area (Å²) < 4.78 is 31.6. The van der Waals surface area contributed by atoms with Crippen LogP contribution in [0.4, 0.5) is 0 Å². The SMILES string of the molecule is C=CCc1cc2ccccc2nc1S(=O)(=O)O. The Morgan fingerprint density at radius 2 is 2.06 bits per heavy atom. The Kier molecular flexibility index (Phi) is 2.95. The fourth-order valence-corrected chi connectivity index (χ4v) is 2.35. The molecule has 2 aromatic rings. The molecular formula is C12H11NO3S. The summed E-state index contributed by atoms with van der Waals surface area (Å²) >= 11 is 0. The monoisotopic (exact) mass is 249 g/mol. The lowest BCUT2D eigenvalue weighted by Gasteiger charge is -2.06. The first kappa shape index (κ1) is 11.8. The van der Waals surface area contributed by atoms with Gasteiger partial charge in [0.25, 0.3) is 0 Å². The van der Waals surface area contributed by atoms with Crippen molar-refractivity contribution in [2.45, 2.75) is 11.4 Å². The number of allylic oxidation sites excluding steroid dienone is 1. The number of hydrogen-bond acceptors (Lipinski definition) is 3. The van der Waals surface area contributed by atoms with E-state index < -0.39 is 10.1 Å². The predicted octanol–water partition coefficient (Wildman–Crippen LogP) is 2.21. The first-order chi connectivity index (χ1) is 8.02. The van der Waals surface area contributed by atoms with E-state index in [0.717, 1.165) is 5.39 Å². The molecule has 0 amide bonds. The van der Waals surface area contributed by atoms with E-state index in [9.17, 15) is 8.42 Å². The lowest BCUT2D eigenvalue weighted by molar-refractivity contribution is 0.478. The average molecular weight is 249 g/mol. The average Bonchev–Trinajstić information content (AvgIpc) is 2.27. The van der Waals surface area contributed by atoms with Crippen molar-refractivity contribution in [1.29, 1.82) is 0 Å². The summed E-state index contributed by atoms with van der Waals surface area (Å²) in [6.07, 6.45) is 1.91. The van der Waals surface area contributed by atoms with E-state index in [1.54, 1.807) is 24.3 Å². The van der Waals surface area contributed by atoms with Gasteiger partial charge in [0.1, 0.15) is 0 Å². The van der Waals surface area contributed by atoms with Gasteiger partial charge in [-0.1, -0.05) is 24.3 Å². The van der Waals surface area contributed by atoms with Gasteiger partial charge in [0.15, 0.2) is 5.03 Å². The van der Waals surface area contributed by atoms with E-state index in [0.29, 0.717) is 17.5 Å². The van der Waals surface area contributed by atoms with E-state index in [2.05, 4.69) is 11.6 Å². The first-order valence-electron chi connectivity index (χ1n) is 4.99. The molecule has 1 heterocycles. The summed E-state index contributed by atoms with van der Waals surface area (Å²) in [4.78, 5) is 3.98. The van der Waals surface area contributed by atoms with Crippen LogP contribution in [0.5, 0.6) is 0 Å². The Morgan fingerprint density at radius 1 is 1.35 bits per heavy atom. The normalized spacial score (nSPS) is 11.6. The van der Waals surface area contributed by atoms with Gasteiger partial charge in [0.05, 0.1) is 5.52 Å². The largest absolute Gasteiger partial charge is 0.312 e. The third-order valence-corrected chi connectivity index (χ3v) is 3.21. The number of pyridine rings is 1. The Balaban J connectivity index is 2.79. The summed E-state index contributed by atoms with van der Waals surface area (Å²) in [5, 5.41) is 0.535. The summed E-state index contributed by atoms with van der Waals surface area (Å²) in [6.45, 7) is 3.55. The second-order valence-electron chi connectivity index (χ2n) is 3.61. The maximum atomic E-state index is 11.2. The van der Waals surface area contributed by atoms with Crippen LogP contribution < -0.4 is 0 Å². The van der Waals surface area contributed by atoms with Gasteiger partial charge in [-0.25, -0.2) is 4.98 Å². The highest BCUT2D eigenvalue weighted by atomic mass is 32.2. The van der Waals surface area contributed by atoms with Crippen LogP contribution in [0.3, 0.4) is 0 Å². The molecule has 0 saturated carbocycles. The van der Waals surface area contributed by atoms with E-state index in [1.165, 1.54) is 0 Å². The third kappa shape index (κ3) is 2.35. The molecular weight excluding hydrogens is 238 g/mol. The third-order valence-electron chi connectivity index (χ3n) is 2.37. The highest BCUT2D eigenvalue weighted by molar-refractivity contribution is 7.85. The lowest BCUT2D eigenvalue weighted by atomic mass is 10.1. The van der Waals surface area contributed by atoms with Crippen LogP contribution in [0.1, 0.15) is 5.56 Å². The van der Waals surface area contributed by atoms with Crippen molar-refractivity contribution in [3.8, 4) is 0 Å². The van der Waals surface area contributed by atoms with Gasteiger partial charge < -0.3 is 0 Å². The first-order valence-corrected chi connectivity index (χ1v) is 6.43. The Bertz CT molecular complexity index is 677. The highest BCUT2D eigenvalue weighted by Crippen LogP contribution is 2.20. The van der Waals surface area contributed by atoms with Gasteiger partial charge in [-0.05, 0) is 24.1 Å². The molecule has 17 heavy (non-hydrogen) atoms. The van der Waals surface area contributed by atoms with Crippen molar-refractivity contribution >= 4 is 21.0 Å². The Hall–Kier alpha value is -1.72. The standard InChI is InChI=1S/C12H11NO3S/c1-2-5-10-8-9-6-3-4-7-11(9)13-12(10)17(14,15)16/h2-4,6-8H,1,5H2,(H,14,15,16). The highest BCUT2D eigenvalue weighted by Gasteiger charge is 2.17. The van der Waals surface area contributed by atoms with Gasteiger partial charge in [-0.15, -0.1) is 6.58 Å². The molecule has 2 rings (SSSR count). The molecule has 4 nitrogen and oxygen atoms in total. The summed E-state index contributed by atoms with van der Waals surface area (Å²) in [6, 6.07) is 8.84. The molecule has 88 valence electrons. The summed E-state index contributed by atoms with van der Waals surface area (Å²) in [5.74, 6) is 0. The van der Waals surface area contributed by atoms with Crippen LogP contribution in [0.25, 0.3) is 10.9 Å². The topological polar surface area (TPSA) is 67.3 Å².